The lowest BCUT2D eigenvalue weighted by Crippen LogP contribution is -2.29. The Hall–Kier alpha value is -2.55. The summed E-state index contributed by atoms with van der Waals surface area (Å²) in [6.07, 6.45) is 42.3. The lowest BCUT2D eigenvalue weighted by Gasteiger charge is -2.19. The maximum absolute atomic E-state index is 12.5. The number of phosphoric ester groups is 1. The number of rotatable bonds is 34. The fourth-order valence-corrected chi connectivity index (χ4v) is 5.42. The van der Waals surface area contributed by atoms with Crippen LogP contribution in [0.1, 0.15) is 136 Å². The number of hydrogen-bond donors (Lipinski definition) is 2. The minimum atomic E-state index is -4.40. The molecule has 0 amide bonds. The molecular formula is C40H68NO8P. The van der Waals surface area contributed by atoms with E-state index >= 15 is 0 Å². The minimum Gasteiger partial charge on any atom is -0.462 e. The van der Waals surface area contributed by atoms with Crippen molar-refractivity contribution in [3.8, 4) is 0 Å². The van der Waals surface area contributed by atoms with Gasteiger partial charge in [-0.05, 0) is 51.4 Å². The van der Waals surface area contributed by atoms with Crippen LogP contribution < -0.4 is 5.73 Å². The van der Waals surface area contributed by atoms with E-state index in [2.05, 4.69) is 32.1 Å². The Morgan fingerprint density at radius 3 is 1.74 bits per heavy atom. The summed E-state index contributed by atoms with van der Waals surface area (Å²) in [6.45, 7) is 3.46. The van der Waals surface area contributed by atoms with Crippen molar-refractivity contribution in [1.29, 1.82) is 0 Å². The van der Waals surface area contributed by atoms with Crippen LogP contribution in [0, 0.1) is 0 Å². The molecule has 0 saturated carbocycles. The molecule has 0 rings (SSSR count). The molecule has 0 aliphatic rings. The maximum atomic E-state index is 12.5. The van der Waals surface area contributed by atoms with Gasteiger partial charge in [-0.1, -0.05) is 145 Å². The van der Waals surface area contributed by atoms with Gasteiger partial charge in [0.15, 0.2) is 6.10 Å². The van der Waals surface area contributed by atoms with Gasteiger partial charge in [-0.25, -0.2) is 4.57 Å². The van der Waals surface area contributed by atoms with Gasteiger partial charge in [0.25, 0.3) is 0 Å². The fourth-order valence-electron chi connectivity index (χ4n) is 4.66. The lowest BCUT2D eigenvalue weighted by molar-refractivity contribution is -0.161. The highest BCUT2D eigenvalue weighted by Gasteiger charge is 2.25. The zero-order valence-corrected chi connectivity index (χ0v) is 32.0. The van der Waals surface area contributed by atoms with Crippen molar-refractivity contribution in [3.05, 3.63) is 72.9 Å². The summed E-state index contributed by atoms with van der Waals surface area (Å²) >= 11 is 0. The summed E-state index contributed by atoms with van der Waals surface area (Å²) < 4.78 is 32.5. The Bertz CT molecular complexity index is 1050. The molecule has 0 aliphatic heterocycles. The van der Waals surface area contributed by atoms with Crippen LogP contribution in [0.4, 0.5) is 0 Å². The van der Waals surface area contributed by atoms with E-state index < -0.39 is 32.5 Å². The van der Waals surface area contributed by atoms with Crippen LogP contribution in [-0.4, -0.2) is 49.3 Å². The van der Waals surface area contributed by atoms with Crippen molar-refractivity contribution in [3.63, 3.8) is 0 Å². The molecule has 286 valence electrons. The van der Waals surface area contributed by atoms with E-state index in [0.717, 1.165) is 38.5 Å². The smallest absolute Gasteiger partial charge is 0.462 e. The summed E-state index contributed by atoms with van der Waals surface area (Å²) in [4.78, 5) is 34.7. The highest BCUT2D eigenvalue weighted by Crippen LogP contribution is 2.43. The lowest BCUT2D eigenvalue weighted by atomic mass is 10.1. The second-order valence-electron chi connectivity index (χ2n) is 12.2. The summed E-state index contributed by atoms with van der Waals surface area (Å²) in [5.41, 5.74) is 5.32. The third-order valence-electron chi connectivity index (χ3n) is 7.45. The quantitative estimate of drug-likeness (QED) is 0.0219. The van der Waals surface area contributed by atoms with Gasteiger partial charge < -0.3 is 20.1 Å². The van der Waals surface area contributed by atoms with Gasteiger partial charge in [0.1, 0.15) is 6.61 Å². The Morgan fingerprint density at radius 1 is 0.620 bits per heavy atom. The predicted molar refractivity (Wildman–Crippen MR) is 206 cm³/mol. The number of carbonyl (C=O) groups is 2. The standard InChI is InChI=1S/C40H68NO8P/c1-3-5-7-9-11-13-15-17-18-19-21-22-24-26-28-30-32-39(42)46-36-38(37-48-50(44,45)47-35-34-41)49-40(43)33-31-29-27-25-23-20-16-14-12-10-8-6-4-2/h6,8,10,12,14,16,18-20,23,25,27,38H,3-5,7,9,11,13,15,17,21-22,24,26,28-37,41H2,1-2H3,(H,44,45)/b8-6+,12-10+,16-14+,19-18+,23-20+,27-25+. The van der Waals surface area contributed by atoms with Gasteiger partial charge in [0.05, 0.1) is 13.2 Å². The van der Waals surface area contributed by atoms with Gasteiger partial charge in [-0.2, -0.15) is 0 Å². The molecule has 0 bridgehead atoms. The molecule has 2 atom stereocenters. The van der Waals surface area contributed by atoms with Gasteiger partial charge >= 0.3 is 19.8 Å². The number of phosphoric acid groups is 1. The number of unbranched alkanes of at least 4 members (excludes halogenated alkanes) is 13. The van der Waals surface area contributed by atoms with Crippen LogP contribution >= 0.6 is 7.82 Å². The molecule has 3 N–H and O–H groups in total. The molecule has 0 aromatic rings. The molecule has 0 saturated heterocycles. The van der Waals surface area contributed by atoms with E-state index in [0.29, 0.717) is 19.3 Å². The van der Waals surface area contributed by atoms with Gasteiger partial charge in [0, 0.05) is 19.4 Å². The van der Waals surface area contributed by atoms with Crippen molar-refractivity contribution in [2.24, 2.45) is 5.73 Å². The summed E-state index contributed by atoms with van der Waals surface area (Å²) in [5.74, 6) is -0.933. The summed E-state index contributed by atoms with van der Waals surface area (Å²) in [5, 5.41) is 0. The van der Waals surface area contributed by atoms with Crippen molar-refractivity contribution in [1.82, 2.24) is 0 Å². The molecule has 0 spiro atoms. The first-order valence-electron chi connectivity index (χ1n) is 19.0. The molecule has 0 aromatic heterocycles. The van der Waals surface area contributed by atoms with E-state index in [9.17, 15) is 19.0 Å². The number of esters is 2. The molecule has 10 heteroatoms. The molecule has 9 nitrogen and oxygen atoms in total. The maximum Gasteiger partial charge on any atom is 0.472 e. The Labute approximate surface area is 303 Å². The number of carbonyl (C=O) groups excluding carboxylic acids is 2. The van der Waals surface area contributed by atoms with E-state index in [1.54, 1.807) is 0 Å². The average molecular weight is 722 g/mol. The molecule has 50 heavy (non-hydrogen) atoms. The van der Waals surface area contributed by atoms with Gasteiger partial charge in [-0.3, -0.25) is 18.6 Å². The van der Waals surface area contributed by atoms with E-state index in [4.69, 9.17) is 24.3 Å². The number of hydrogen-bond acceptors (Lipinski definition) is 8. The van der Waals surface area contributed by atoms with Crippen LogP contribution in [0.5, 0.6) is 0 Å². The van der Waals surface area contributed by atoms with Crippen molar-refractivity contribution in [2.75, 3.05) is 26.4 Å². The second kappa shape index (κ2) is 36.2. The fraction of sp³-hybridized carbons (Fsp3) is 0.650. The van der Waals surface area contributed by atoms with Crippen LogP contribution in [0.15, 0.2) is 72.9 Å². The first-order valence-corrected chi connectivity index (χ1v) is 20.5. The third-order valence-corrected chi connectivity index (χ3v) is 8.44. The van der Waals surface area contributed by atoms with Crippen LogP contribution in [-0.2, 0) is 32.7 Å². The molecule has 0 aliphatic carbocycles. The van der Waals surface area contributed by atoms with Crippen LogP contribution in [0.3, 0.4) is 0 Å². The van der Waals surface area contributed by atoms with Crippen molar-refractivity contribution < 1.29 is 37.6 Å². The molecule has 2 unspecified atom stereocenters. The van der Waals surface area contributed by atoms with Gasteiger partial charge in [-0.15, -0.1) is 0 Å². The average Bonchev–Trinajstić information content (AvgIpc) is 3.10. The zero-order valence-electron chi connectivity index (χ0n) is 31.1. The third kappa shape index (κ3) is 35.3. The van der Waals surface area contributed by atoms with E-state index in [-0.39, 0.29) is 32.6 Å². The molecule has 0 aromatic carbocycles. The number of allylic oxidation sites excluding steroid dienone is 12. The van der Waals surface area contributed by atoms with Crippen LogP contribution in [0.25, 0.3) is 0 Å². The molecule has 0 heterocycles. The topological polar surface area (TPSA) is 134 Å². The SMILES string of the molecule is CC/C=C/C=C/C=C/C=C/C=C/CCCC(=O)OC(COC(=O)CCCCCCC/C=C/CCCCCCCCC)COP(=O)(O)OCCN. The van der Waals surface area contributed by atoms with Crippen molar-refractivity contribution >= 4 is 19.8 Å². The molecule has 0 radical (unpaired) electrons. The minimum absolute atomic E-state index is 0.0373. The summed E-state index contributed by atoms with van der Waals surface area (Å²) in [7, 11) is -4.40. The van der Waals surface area contributed by atoms with Crippen LogP contribution in [0.2, 0.25) is 0 Å². The highest BCUT2D eigenvalue weighted by molar-refractivity contribution is 7.47. The number of ether oxygens (including phenoxy) is 2. The monoisotopic (exact) mass is 721 g/mol. The van der Waals surface area contributed by atoms with E-state index in [1.807, 2.05) is 54.7 Å². The number of nitrogens with two attached hydrogens (primary N) is 1. The first-order chi connectivity index (χ1) is 24.3. The summed E-state index contributed by atoms with van der Waals surface area (Å²) in [6, 6.07) is 0. The van der Waals surface area contributed by atoms with Gasteiger partial charge in [0.2, 0.25) is 0 Å². The Balaban J connectivity index is 4.35. The normalized spacial score (nSPS) is 14.2. The Kier molecular flexibility index (Phi) is 34.4. The van der Waals surface area contributed by atoms with E-state index in [1.165, 1.54) is 51.4 Å². The first kappa shape index (κ1) is 47.4. The largest absolute Gasteiger partial charge is 0.472 e. The molecular weight excluding hydrogens is 653 g/mol. The Morgan fingerprint density at radius 2 is 1.14 bits per heavy atom. The molecule has 0 fully saturated rings. The predicted octanol–water partition coefficient (Wildman–Crippen LogP) is 10.3. The van der Waals surface area contributed by atoms with Crippen molar-refractivity contribution in [2.45, 2.75) is 142 Å². The second-order valence-corrected chi connectivity index (χ2v) is 13.6. The highest BCUT2D eigenvalue weighted by atomic mass is 31.2. The zero-order chi connectivity index (χ0) is 36.8.